The smallest absolute Gasteiger partial charge is 0.416 e. The molecule has 0 unspecified atom stereocenters. The molecule has 1 aliphatic heterocycles. The van der Waals surface area contributed by atoms with E-state index in [4.69, 9.17) is 4.74 Å². The predicted octanol–water partition coefficient (Wildman–Crippen LogP) is 5.31. The fourth-order valence-electron chi connectivity index (χ4n) is 3.20. The number of aromatic hydroxyl groups is 2. The van der Waals surface area contributed by atoms with Crippen molar-refractivity contribution in [3.05, 3.63) is 71.3 Å². The van der Waals surface area contributed by atoms with Crippen molar-refractivity contribution in [1.82, 2.24) is 0 Å². The van der Waals surface area contributed by atoms with Gasteiger partial charge in [-0.15, -0.1) is 0 Å². The van der Waals surface area contributed by atoms with E-state index in [2.05, 4.69) is 0 Å². The first-order chi connectivity index (χ1) is 13.2. The van der Waals surface area contributed by atoms with Crippen LogP contribution in [0.15, 0.2) is 54.6 Å². The normalized spacial score (nSPS) is 13.3. The van der Waals surface area contributed by atoms with Crippen LogP contribution < -0.4 is 4.74 Å². The zero-order valence-corrected chi connectivity index (χ0v) is 14.2. The summed E-state index contributed by atoms with van der Waals surface area (Å²) in [4.78, 5) is 12.6. The van der Waals surface area contributed by atoms with Gasteiger partial charge in [-0.1, -0.05) is 18.2 Å². The lowest BCUT2D eigenvalue weighted by molar-refractivity contribution is -0.137. The van der Waals surface area contributed by atoms with Crippen LogP contribution in [0.4, 0.5) is 13.2 Å². The molecule has 2 N–H and O–H groups in total. The first kappa shape index (κ1) is 17.9. The SMILES string of the molecule is O=C1Cc2cc(-c3cccc(C(F)(F)F)c3)ccc2Oc2cc(O)cc(O)c21. The van der Waals surface area contributed by atoms with E-state index in [0.29, 0.717) is 22.4 Å². The van der Waals surface area contributed by atoms with Gasteiger partial charge in [-0.2, -0.15) is 13.2 Å². The summed E-state index contributed by atoms with van der Waals surface area (Å²) in [6, 6.07) is 11.9. The second-order valence-electron chi connectivity index (χ2n) is 6.44. The van der Waals surface area contributed by atoms with Crippen molar-refractivity contribution in [3.8, 4) is 34.1 Å². The Labute approximate surface area is 157 Å². The number of hydrogen-bond acceptors (Lipinski definition) is 4. The number of rotatable bonds is 1. The van der Waals surface area contributed by atoms with Crippen LogP contribution in [0, 0.1) is 0 Å². The minimum atomic E-state index is -4.46. The quantitative estimate of drug-likeness (QED) is 0.594. The largest absolute Gasteiger partial charge is 0.508 e. The lowest BCUT2D eigenvalue weighted by Gasteiger charge is -2.12. The number of ether oxygens (including phenoxy) is 1. The highest BCUT2D eigenvalue weighted by Crippen LogP contribution is 2.41. The summed E-state index contributed by atoms with van der Waals surface area (Å²) in [6.07, 6.45) is -4.56. The van der Waals surface area contributed by atoms with E-state index in [1.54, 1.807) is 24.3 Å². The highest BCUT2D eigenvalue weighted by molar-refractivity contribution is 6.03. The van der Waals surface area contributed by atoms with Gasteiger partial charge in [-0.25, -0.2) is 0 Å². The van der Waals surface area contributed by atoms with Crippen molar-refractivity contribution in [3.63, 3.8) is 0 Å². The Bertz CT molecular complexity index is 1100. The Balaban J connectivity index is 1.77. The minimum Gasteiger partial charge on any atom is -0.508 e. The van der Waals surface area contributed by atoms with Crippen LogP contribution >= 0.6 is 0 Å². The first-order valence-corrected chi connectivity index (χ1v) is 8.30. The fraction of sp³-hybridized carbons (Fsp3) is 0.0952. The number of benzene rings is 3. The molecule has 1 aliphatic rings. The summed E-state index contributed by atoms with van der Waals surface area (Å²) >= 11 is 0. The number of carbonyl (C=O) groups excluding carboxylic acids is 1. The van der Waals surface area contributed by atoms with Crippen LogP contribution in [0.2, 0.25) is 0 Å². The molecule has 0 saturated heterocycles. The molecule has 0 atom stereocenters. The summed E-state index contributed by atoms with van der Waals surface area (Å²) in [5.74, 6) is -0.729. The van der Waals surface area contributed by atoms with Gasteiger partial charge in [0.15, 0.2) is 5.78 Å². The van der Waals surface area contributed by atoms with Crippen molar-refractivity contribution in [2.45, 2.75) is 12.6 Å². The van der Waals surface area contributed by atoms with Gasteiger partial charge in [-0.3, -0.25) is 4.79 Å². The van der Waals surface area contributed by atoms with Crippen molar-refractivity contribution in [2.75, 3.05) is 0 Å². The molecule has 3 aromatic carbocycles. The molecule has 0 bridgehead atoms. The fourth-order valence-corrected chi connectivity index (χ4v) is 3.20. The van der Waals surface area contributed by atoms with E-state index in [0.717, 1.165) is 18.2 Å². The van der Waals surface area contributed by atoms with E-state index in [1.807, 2.05) is 0 Å². The molecule has 0 aliphatic carbocycles. The molecule has 28 heavy (non-hydrogen) atoms. The Morgan fingerprint density at radius 1 is 0.893 bits per heavy atom. The Morgan fingerprint density at radius 2 is 1.64 bits per heavy atom. The summed E-state index contributed by atoms with van der Waals surface area (Å²) in [5.41, 5.74) is 0.510. The zero-order chi connectivity index (χ0) is 20.1. The van der Waals surface area contributed by atoms with Gasteiger partial charge in [0.2, 0.25) is 0 Å². The molecule has 7 heteroatoms. The number of ketones is 1. The van der Waals surface area contributed by atoms with Crippen LogP contribution in [-0.2, 0) is 12.6 Å². The molecule has 4 rings (SSSR count). The molecule has 1 heterocycles. The number of fused-ring (bicyclic) bond motifs is 2. The maximum absolute atomic E-state index is 13.0. The van der Waals surface area contributed by atoms with E-state index >= 15 is 0 Å². The van der Waals surface area contributed by atoms with Crippen LogP contribution in [0.1, 0.15) is 21.5 Å². The molecule has 0 radical (unpaired) electrons. The predicted molar refractivity (Wildman–Crippen MR) is 94.8 cm³/mol. The van der Waals surface area contributed by atoms with Gasteiger partial charge in [0.05, 0.1) is 5.56 Å². The highest BCUT2D eigenvalue weighted by atomic mass is 19.4. The highest BCUT2D eigenvalue weighted by Gasteiger charge is 2.30. The van der Waals surface area contributed by atoms with Crippen LogP contribution in [0.5, 0.6) is 23.0 Å². The summed E-state index contributed by atoms with van der Waals surface area (Å²) in [5, 5.41) is 19.6. The molecule has 0 fully saturated rings. The Hall–Kier alpha value is -3.48. The molecule has 0 spiro atoms. The topological polar surface area (TPSA) is 66.8 Å². The maximum Gasteiger partial charge on any atom is 0.416 e. The van der Waals surface area contributed by atoms with Gasteiger partial charge in [0.1, 0.15) is 28.6 Å². The van der Waals surface area contributed by atoms with Crippen molar-refractivity contribution in [2.24, 2.45) is 0 Å². The number of alkyl halides is 3. The van der Waals surface area contributed by atoms with E-state index < -0.39 is 23.3 Å². The maximum atomic E-state index is 13.0. The van der Waals surface area contributed by atoms with Gasteiger partial charge in [0.25, 0.3) is 0 Å². The number of hydrogen-bond donors (Lipinski definition) is 2. The molecule has 3 aromatic rings. The average Bonchev–Trinajstić information content (AvgIpc) is 2.75. The number of halogens is 3. The van der Waals surface area contributed by atoms with Crippen LogP contribution in [-0.4, -0.2) is 16.0 Å². The van der Waals surface area contributed by atoms with Gasteiger partial charge >= 0.3 is 6.18 Å². The molecule has 142 valence electrons. The summed E-state index contributed by atoms with van der Waals surface area (Å²) < 4.78 is 44.6. The van der Waals surface area contributed by atoms with E-state index in [1.165, 1.54) is 12.1 Å². The second kappa shape index (κ2) is 6.30. The lowest BCUT2D eigenvalue weighted by Crippen LogP contribution is -2.04. The number of phenolic OH excluding ortho intramolecular Hbond substituents is 2. The average molecular weight is 386 g/mol. The van der Waals surface area contributed by atoms with Gasteiger partial charge in [0, 0.05) is 24.1 Å². The third kappa shape index (κ3) is 3.15. The molecule has 4 nitrogen and oxygen atoms in total. The van der Waals surface area contributed by atoms with Gasteiger partial charge in [-0.05, 0) is 35.4 Å². The van der Waals surface area contributed by atoms with Crippen molar-refractivity contribution >= 4 is 5.78 Å². The zero-order valence-electron chi connectivity index (χ0n) is 14.2. The van der Waals surface area contributed by atoms with E-state index in [9.17, 15) is 28.2 Å². The lowest BCUT2D eigenvalue weighted by atomic mass is 9.97. The Kier molecular flexibility index (Phi) is 4.03. The van der Waals surface area contributed by atoms with Gasteiger partial charge < -0.3 is 14.9 Å². The third-order valence-corrected chi connectivity index (χ3v) is 4.50. The number of carbonyl (C=O) groups is 1. The Morgan fingerprint density at radius 3 is 2.39 bits per heavy atom. The third-order valence-electron chi connectivity index (χ3n) is 4.50. The first-order valence-electron chi connectivity index (χ1n) is 8.30. The molecule has 0 aromatic heterocycles. The molecular formula is C21H13F3O4. The van der Waals surface area contributed by atoms with E-state index in [-0.39, 0.29) is 23.5 Å². The molecule has 0 amide bonds. The van der Waals surface area contributed by atoms with Crippen LogP contribution in [0.25, 0.3) is 11.1 Å². The summed E-state index contributed by atoms with van der Waals surface area (Å²) in [6.45, 7) is 0. The molecular weight excluding hydrogens is 373 g/mol. The number of Topliss-reactive ketones (excluding diaryl/α,β-unsaturated/α-hetero) is 1. The summed E-state index contributed by atoms with van der Waals surface area (Å²) in [7, 11) is 0. The van der Waals surface area contributed by atoms with Crippen molar-refractivity contribution < 1.29 is 32.9 Å². The minimum absolute atomic E-state index is 0.0214. The monoisotopic (exact) mass is 386 g/mol. The van der Waals surface area contributed by atoms with Crippen LogP contribution in [0.3, 0.4) is 0 Å². The second-order valence-corrected chi connectivity index (χ2v) is 6.44. The van der Waals surface area contributed by atoms with Crippen molar-refractivity contribution in [1.29, 1.82) is 0 Å². The molecule has 0 saturated carbocycles. The number of phenols is 2. The standard InChI is InChI=1S/C21H13F3O4/c22-21(23,24)14-3-1-2-11(7-14)12-4-5-18-13(6-12)8-16(26)20-17(27)9-15(25)10-19(20)28-18/h1-7,9-10,25,27H,8H2.